The number of methoxy groups -OCH3 is 1. The van der Waals surface area contributed by atoms with Crippen molar-refractivity contribution in [1.82, 2.24) is 4.90 Å². The Morgan fingerprint density at radius 3 is 2.20 bits per heavy atom. The molecule has 0 aromatic heterocycles. The second kappa shape index (κ2) is 10.7. The molecule has 1 aliphatic rings. The fraction of sp³-hybridized carbons (Fsp3) is 0.190. The van der Waals surface area contributed by atoms with E-state index in [9.17, 15) is 5.11 Å². The van der Waals surface area contributed by atoms with Gasteiger partial charge in [0, 0.05) is 6.54 Å². The van der Waals surface area contributed by atoms with Crippen LogP contribution in [0.15, 0.2) is 78.4 Å². The molecule has 3 nitrogen and oxygen atoms in total. The van der Waals surface area contributed by atoms with Crippen molar-refractivity contribution in [3.05, 3.63) is 88.8 Å². The Morgan fingerprint density at radius 1 is 1.08 bits per heavy atom. The summed E-state index contributed by atoms with van der Waals surface area (Å²) in [5, 5.41) is 13.0. The van der Waals surface area contributed by atoms with Crippen LogP contribution in [0.25, 0.3) is 11.5 Å². The van der Waals surface area contributed by atoms with E-state index in [-0.39, 0.29) is 23.0 Å². The molecule has 0 fully saturated rings. The molecule has 3 rings (SSSR count). The number of allylic oxidation sites excluding steroid dienone is 2. The Hall–Kier alpha value is -2.13. The van der Waals surface area contributed by atoms with Crippen LogP contribution in [0.4, 0.5) is 0 Å². The summed E-state index contributed by atoms with van der Waals surface area (Å²) in [6.45, 7) is 0.931. The average molecular weight is 377 g/mol. The fourth-order valence-electron chi connectivity index (χ4n) is 2.37. The molecular formula is C21H23FeNO2. The smallest absolute Gasteiger partial charge is 0.616 e. The summed E-state index contributed by atoms with van der Waals surface area (Å²) in [7, 11) is 5.50. The number of nitrogens with zero attached hydrogens (tertiary/aromatic N) is 1. The SMILES string of the molecule is COC([O-])=c1ccc(=C2C=CC(CN(C)C)=C2)cc1.[Fe+2].c1cc[cH-]c1. The predicted molar refractivity (Wildman–Crippen MR) is 97.3 cm³/mol. The normalized spacial score (nSPS) is 12.2. The van der Waals surface area contributed by atoms with Gasteiger partial charge < -0.3 is 14.7 Å². The molecule has 132 valence electrons. The first-order chi connectivity index (χ1) is 11.6. The quantitative estimate of drug-likeness (QED) is 0.599. The van der Waals surface area contributed by atoms with Gasteiger partial charge in [-0.25, -0.2) is 12.1 Å². The van der Waals surface area contributed by atoms with Gasteiger partial charge in [-0.15, -0.1) is 0 Å². The topological polar surface area (TPSA) is 35.5 Å². The zero-order chi connectivity index (χ0) is 17.4. The molecule has 0 radical (unpaired) electrons. The van der Waals surface area contributed by atoms with E-state index in [1.807, 2.05) is 42.5 Å². The van der Waals surface area contributed by atoms with Gasteiger partial charge in [0.2, 0.25) is 0 Å². The van der Waals surface area contributed by atoms with Gasteiger partial charge in [-0.05, 0) is 48.9 Å². The van der Waals surface area contributed by atoms with Crippen LogP contribution in [0.5, 0.6) is 0 Å². The van der Waals surface area contributed by atoms with Crippen LogP contribution < -0.4 is 15.5 Å². The minimum absolute atomic E-state index is 0. The zero-order valence-electron chi connectivity index (χ0n) is 14.8. The summed E-state index contributed by atoms with van der Waals surface area (Å²) in [4.78, 5) is 2.14. The van der Waals surface area contributed by atoms with Crippen molar-refractivity contribution < 1.29 is 26.9 Å². The Kier molecular flexibility index (Phi) is 8.93. The minimum atomic E-state index is -0.303. The van der Waals surface area contributed by atoms with Crippen molar-refractivity contribution >= 4 is 11.5 Å². The molecular weight excluding hydrogens is 354 g/mol. The van der Waals surface area contributed by atoms with Crippen LogP contribution >= 0.6 is 0 Å². The Bertz CT molecular complexity index is 777. The number of likely N-dealkylation sites (N-methyl/N-ethyl adjacent to an activating group) is 1. The summed E-state index contributed by atoms with van der Waals surface area (Å²) < 4.78 is 4.69. The molecule has 1 aliphatic carbocycles. The Labute approximate surface area is 160 Å². The third-order valence-electron chi connectivity index (χ3n) is 3.51. The van der Waals surface area contributed by atoms with E-state index in [1.54, 1.807) is 12.1 Å². The van der Waals surface area contributed by atoms with Crippen molar-refractivity contribution in [2.75, 3.05) is 27.7 Å². The molecule has 0 heterocycles. The van der Waals surface area contributed by atoms with E-state index in [1.165, 1.54) is 18.3 Å². The third kappa shape index (κ3) is 6.71. The summed E-state index contributed by atoms with van der Waals surface area (Å²) in [6.07, 6.45) is 6.41. The van der Waals surface area contributed by atoms with E-state index in [0.29, 0.717) is 5.22 Å². The molecule has 0 bridgehead atoms. The standard InChI is InChI=1S/C16H19NO2.C5H5.Fe/c1-17(2)11-12-4-5-15(10-12)13-6-8-14(9-7-13)16(18)19-3;1-2-4-5-3-1;/h4-10,18H,11H2,1-3H3;1-5H;/q;-1;+2/p-1. The first-order valence-corrected chi connectivity index (χ1v) is 7.86. The maximum Gasteiger partial charge on any atom is 2.00 e. The molecule has 25 heavy (non-hydrogen) atoms. The summed E-state index contributed by atoms with van der Waals surface area (Å²) >= 11 is 0. The van der Waals surface area contributed by atoms with Gasteiger partial charge in [0.1, 0.15) is 0 Å². The monoisotopic (exact) mass is 377 g/mol. The van der Waals surface area contributed by atoms with Gasteiger partial charge in [-0.2, -0.15) is 18.2 Å². The van der Waals surface area contributed by atoms with Crippen molar-refractivity contribution in [2.24, 2.45) is 0 Å². The minimum Gasteiger partial charge on any atom is -0.616 e. The molecule has 0 N–H and O–H groups in total. The average Bonchev–Trinajstić information content (AvgIpc) is 3.28. The number of benzene rings is 1. The maximum absolute atomic E-state index is 11.4. The molecule has 0 unspecified atom stereocenters. The van der Waals surface area contributed by atoms with Gasteiger partial charge in [-0.3, -0.25) is 0 Å². The fourth-order valence-corrected chi connectivity index (χ4v) is 2.37. The van der Waals surface area contributed by atoms with Crippen LogP contribution in [-0.4, -0.2) is 32.6 Å². The van der Waals surface area contributed by atoms with Crippen LogP contribution in [0.3, 0.4) is 0 Å². The molecule has 0 saturated heterocycles. The van der Waals surface area contributed by atoms with E-state index < -0.39 is 0 Å². The Balaban J connectivity index is 0.000000448. The molecule has 2 aromatic carbocycles. The van der Waals surface area contributed by atoms with Gasteiger partial charge in [0.25, 0.3) is 0 Å². The van der Waals surface area contributed by atoms with E-state index >= 15 is 0 Å². The number of ether oxygens (including phenoxy) is 1. The molecule has 0 atom stereocenters. The molecule has 0 saturated carbocycles. The van der Waals surface area contributed by atoms with E-state index in [2.05, 4.69) is 42.0 Å². The molecule has 2 aromatic rings. The molecule has 0 amide bonds. The van der Waals surface area contributed by atoms with E-state index in [4.69, 9.17) is 0 Å². The van der Waals surface area contributed by atoms with Crippen molar-refractivity contribution in [3.63, 3.8) is 0 Å². The maximum atomic E-state index is 11.4. The van der Waals surface area contributed by atoms with Gasteiger partial charge in [-0.1, -0.05) is 36.4 Å². The van der Waals surface area contributed by atoms with Crippen molar-refractivity contribution in [1.29, 1.82) is 0 Å². The molecule has 4 heteroatoms. The van der Waals surface area contributed by atoms with Crippen LogP contribution in [0.2, 0.25) is 0 Å². The number of hydrogen-bond donors (Lipinski definition) is 0. The summed E-state index contributed by atoms with van der Waals surface area (Å²) in [5.41, 5.74) is 2.46. The zero-order valence-corrected chi connectivity index (χ0v) is 15.9. The molecule has 0 aliphatic heterocycles. The number of rotatable bonds is 3. The predicted octanol–water partition coefficient (Wildman–Crippen LogP) is 1.37. The largest absolute Gasteiger partial charge is 2.00 e. The second-order valence-corrected chi connectivity index (χ2v) is 5.78. The molecule has 0 spiro atoms. The first-order valence-electron chi connectivity index (χ1n) is 7.86. The van der Waals surface area contributed by atoms with Gasteiger partial charge >= 0.3 is 17.1 Å². The van der Waals surface area contributed by atoms with Crippen LogP contribution in [-0.2, 0) is 21.8 Å². The van der Waals surface area contributed by atoms with E-state index in [0.717, 1.165) is 11.8 Å². The van der Waals surface area contributed by atoms with Crippen LogP contribution in [0, 0.1) is 0 Å². The Morgan fingerprint density at radius 2 is 1.72 bits per heavy atom. The van der Waals surface area contributed by atoms with Crippen molar-refractivity contribution in [2.45, 2.75) is 0 Å². The third-order valence-corrected chi connectivity index (χ3v) is 3.51. The first kappa shape index (κ1) is 20.9. The van der Waals surface area contributed by atoms with Gasteiger partial charge in [0.05, 0.1) is 5.95 Å². The second-order valence-electron chi connectivity index (χ2n) is 5.78. The van der Waals surface area contributed by atoms with Crippen molar-refractivity contribution in [3.8, 4) is 0 Å². The van der Waals surface area contributed by atoms with Crippen LogP contribution in [0.1, 0.15) is 0 Å². The number of hydrogen-bond acceptors (Lipinski definition) is 3. The summed E-state index contributed by atoms with van der Waals surface area (Å²) in [5.74, 6) is -0.303. The summed E-state index contributed by atoms with van der Waals surface area (Å²) in [6, 6.07) is 17.5. The van der Waals surface area contributed by atoms with Gasteiger partial charge in [0.15, 0.2) is 0 Å².